The van der Waals surface area contributed by atoms with Gasteiger partial charge in [-0.05, 0) is 30.2 Å². The highest BCUT2D eigenvalue weighted by molar-refractivity contribution is 5.93. The third kappa shape index (κ3) is 6.04. The molecule has 5 heteroatoms. The van der Waals surface area contributed by atoms with Gasteiger partial charge in [-0.3, -0.25) is 4.79 Å². The number of likely N-dealkylation sites (N-methyl/N-ethyl adjacent to an activating group) is 1. The van der Waals surface area contributed by atoms with Gasteiger partial charge in [-0.15, -0.1) is 0 Å². The lowest BCUT2D eigenvalue weighted by molar-refractivity contribution is -0.123. The molecule has 0 bridgehead atoms. The SMILES string of the molecule is CC(C)COCCOCC(=O)N(C)c1ccc(N)cc1. The van der Waals surface area contributed by atoms with Gasteiger partial charge in [0.15, 0.2) is 0 Å². The summed E-state index contributed by atoms with van der Waals surface area (Å²) < 4.78 is 10.7. The van der Waals surface area contributed by atoms with Gasteiger partial charge in [0.2, 0.25) is 0 Å². The summed E-state index contributed by atoms with van der Waals surface area (Å²) in [4.78, 5) is 13.4. The zero-order valence-corrected chi connectivity index (χ0v) is 12.5. The largest absolute Gasteiger partial charge is 0.399 e. The molecule has 0 radical (unpaired) electrons. The fraction of sp³-hybridized carbons (Fsp3) is 0.533. The van der Waals surface area contributed by atoms with Crippen LogP contribution >= 0.6 is 0 Å². The van der Waals surface area contributed by atoms with Crippen molar-refractivity contribution in [3.8, 4) is 0 Å². The van der Waals surface area contributed by atoms with Gasteiger partial charge in [0, 0.05) is 25.0 Å². The number of rotatable bonds is 8. The third-order valence-electron chi connectivity index (χ3n) is 2.70. The monoisotopic (exact) mass is 280 g/mol. The summed E-state index contributed by atoms with van der Waals surface area (Å²) in [5.74, 6) is 0.409. The molecular weight excluding hydrogens is 256 g/mol. The molecule has 5 nitrogen and oxygen atoms in total. The molecule has 2 N–H and O–H groups in total. The van der Waals surface area contributed by atoms with E-state index in [0.29, 0.717) is 31.4 Å². The van der Waals surface area contributed by atoms with Gasteiger partial charge in [-0.2, -0.15) is 0 Å². The van der Waals surface area contributed by atoms with E-state index in [2.05, 4.69) is 13.8 Å². The molecular formula is C15H24N2O3. The molecule has 0 fully saturated rings. The van der Waals surface area contributed by atoms with E-state index in [1.165, 1.54) is 0 Å². The lowest BCUT2D eigenvalue weighted by atomic mass is 10.2. The number of carbonyl (C=O) groups excluding carboxylic acids is 1. The van der Waals surface area contributed by atoms with Crippen molar-refractivity contribution in [2.75, 3.05) is 44.1 Å². The van der Waals surface area contributed by atoms with E-state index in [9.17, 15) is 4.79 Å². The first-order chi connectivity index (χ1) is 9.50. The van der Waals surface area contributed by atoms with Crippen molar-refractivity contribution in [2.45, 2.75) is 13.8 Å². The number of hydrogen-bond donors (Lipinski definition) is 1. The molecule has 1 aromatic rings. The molecule has 0 spiro atoms. The highest BCUT2D eigenvalue weighted by Crippen LogP contribution is 2.14. The van der Waals surface area contributed by atoms with Gasteiger partial charge in [-0.25, -0.2) is 0 Å². The number of nitrogens with zero attached hydrogens (tertiary/aromatic N) is 1. The van der Waals surface area contributed by atoms with E-state index >= 15 is 0 Å². The van der Waals surface area contributed by atoms with Gasteiger partial charge in [-0.1, -0.05) is 13.8 Å². The Kier molecular flexibility index (Phi) is 7.04. The number of nitrogen functional groups attached to an aromatic ring is 1. The number of amides is 1. The maximum Gasteiger partial charge on any atom is 0.252 e. The van der Waals surface area contributed by atoms with Crippen molar-refractivity contribution in [1.29, 1.82) is 0 Å². The lowest BCUT2D eigenvalue weighted by Gasteiger charge is -2.17. The summed E-state index contributed by atoms with van der Waals surface area (Å²) >= 11 is 0. The molecule has 0 saturated carbocycles. The first kappa shape index (κ1) is 16.5. The Bertz CT molecular complexity index is 404. The quantitative estimate of drug-likeness (QED) is 0.583. The van der Waals surface area contributed by atoms with Gasteiger partial charge in [0.05, 0.1) is 13.2 Å². The van der Waals surface area contributed by atoms with Crippen LogP contribution in [0.1, 0.15) is 13.8 Å². The van der Waals surface area contributed by atoms with Crippen LogP contribution in [0.4, 0.5) is 11.4 Å². The van der Waals surface area contributed by atoms with Crippen LogP contribution in [0.25, 0.3) is 0 Å². The first-order valence-electron chi connectivity index (χ1n) is 6.78. The average Bonchev–Trinajstić information content (AvgIpc) is 2.42. The molecule has 0 atom stereocenters. The molecule has 20 heavy (non-hydrogen) atoms. The number of carbonyl (C=O) groups is 1. The minimum Gasteiger partial charge on any atom is -0.399 e. The fourth-order valence-electron chi connectivity index (χ4n) is 1.54. The fourth-order valence-corrected chi connectivity index (χ4v) is 1.54. The Balaban J connectivity index is 2.23. The van der Waals surface area contributed by atoms with Crippen LogP contribution < -0.4 is 10.6 Å². The van der Waals surface area contributed by atoms with Crippen LogP contribution in [0.3, 0.4) is 0 Å². The maximum atomic E-state index is 11.9. The van der Waals surface area contributed by atoms with Gasteiger partial charge in [0.1, 0.15) is 6.61 Å². The van der Waals surface area contributed by atoms with E-state index in [0.717, 1.165) is 5.69 Å². The second-order valence-electron chi connectivity index (χ2n) is 5.07. The highest BCUT2D eigenvalue weighted by Gasteiger charge is 2.10. The van der Waals surface area contributed by atoms with Crippen LogP contribution in [0.5, 0.6) is 0 Å². The van der Waals surface area contributed by atoms with E-state index in [-0.39, 0.29) is 12.5 Å². The minimum atomic E-state index is -0.0985. The van der Waals surface area contributed by atoms with E-state index in [4.69, 9.17) is 15.2 Å². The predicted molar refractivity (Wildman–Crippen MR) is 80.7 cm³/mol. The maximum absolute atomic E-state index is 11.9. The van der Waals surface area contributed by atoms with Crippen molar-refractivity contribution in [3.63, 3.8) is 0 Å². The second-order valence-corrected chi connectivity index (χ2v) is 5.07. The number of anilines is 2. The highest BCUT2D eigenvalue weighted by atomic mass is 16.5. The number of nitrogens with two attached hydrogens (primary N) is 1. The Morgan fingerprint density at radius 2 is 1.80 bits per heavy atom. The molecule has 112 valence electrons. The summed E-state index contributed by atoms with van der Waals surface area (Å²) in [7, 11) is 1.71. The molecule has 0 aliphatic rings. The summed E-state index contributed by atoms with van der Waals surface area (Å²) in [5.41, 5.74) is 7.08. The van der Waals surface area contributed by atoms with Crippen molar-refractivity contribution in [2.24, 2.45) is 5.92 Å². The van der Waals surface area contributed by atoms with Crippen molar-refractivity contribution in [3.05, 3.63) is 24.3 Å². The smallest absolute Gasteiger partial charge is 0.252 e. The zero-order chi connectivity index (χ0) is 15.0. The first-order valence-corrected chi connectivity index (χ1v) is 6.78. The van der Waals surface area contributed by atoms with Gasteiger partial charge >= 0.3 is 0 Å². The number of hydrogen-bond acceptors (Lipinski definition) is 4. The van der Waals surface area contributed by atoms with Gasteiger partial charge in [0.25, 0.3) is 5.91 Å². The Hall–Kier alpha value is -1.59. The van der Waals surface area contributed by atoms with E-state index in [1.807, 2.05) is 0 Å². The Morgan fingerprint density at radius 3 is 2.40 bits per heavy atom. The van der Waals surface area contributed by atoms with E-state index in [1.54, 1.807) is 36.2 Å². The van der Waals surface area contributed by atoms with Crippen LogP contribution in [-0.2, 0) is 14.3 Å². The molecule has 1 amide bonds. The Morgan fingerprint density at radius 1 is 1.20 bits per heavy atom. The topological polar surface area (TPSA) is 64.8 Å². The van der Waals surface area contributed by atoms with Crippen LogP contribution in [0.15, 0.2) is 24.3 Å². The summed E-state index contributed by atoms with van der Waals surface area (Å²) in [6, 6.07) is 7.14. The molecule has 0 unspecified atom stereocenters. The Labute approximate surface area is 120 Å². The van der Waals surface area contributed by atoms with Crippen LogP contribution in [0.2, 0.25) is 0 Å². The normalized spacial score (nSPS) is 10.8. The molecule has 0 saturated heterocycles. The van der Waals surface area contributed by atoms with Crippen molar-refractivity contribution >= 4 is 17.3 Å². The summed E-state index contributed by atoms with van der Waals surface area (Å²) in [6.07, 6.45) is 0. The summed E-state index contributed by atoms with van der Waals surface area (Å²) in [6.45, 7) is 5.87. The van der Waals surface area contributed by atoms with Crippen LogP contribution in [0, 0.1) is 5.92 Å². The summed E-state index contributed by atoms with van der Waals surface area (Å²) in [5, 5.41) is 0. The molecule has 0 aliphatic heterocycles. The molecule has 0 aliphatic carbocycles. The van der Waals surface area contributed by atoms with Crippen molar-refractivity contribution in [1.82, 2.24) is 0 Å². The van der Waals surface area contributed by atoms with Crippen LogP contribution in [-0.4, -0.2) is 39.4 Å². The minimum absolute atomic E-state index is 0.0475. The molecule has 0 heterocycles. The zero-order valence-electron chi connectivity index (χ0n) is 12.5. The van der Waals surface area contributed by atoms with Gasteiger partial charge < -0.3 is 20.1 Å². The third-order valence-corrected chi connectivity index (χ3v) is 2.70. The standard InChI is InChI=1S/C15H24N2O3/c1-12(2)10-19-8-9-20-11-15(18)17(3)14-6-4-13(16)5-7-14/h4-7,12H,8-11,16H2,1-3H3. The molecule has 1 aromatic carbocycles. The lowest BCUT2D eigenvalue weighted by Crippen LogP contribution is -2.30. The number of ether oxygens (including phenoxy) is 2. The van der Waals surface area contributed by atoms with E-state index < -0.39 is 0 Å². The second kappa shape index (κ2) is 8.55. The predicted octanol–water partition coefficient (Wildman–Crippen LogP) is 1.92. The molecule has 1 rings (SSSR count). The van der Waals surface area contributed by atoms with Crippen molar-refractivity contribution < 1.29 is 14.3 Å². The molecule has 0 aromatic heterocycles. The average molecular weight is 280 g/mol. The number of benzene rings is 1.